The van der Waals surface area contributed by atoms with Gasteiger partial charge in [0.1, 0.15) is 23.2 Å². The molecule has 0 fully saturated rings. The van der Waals surface area contributed by atoms with E-state index in [4.69, 9.17) is 4.74 Å². The number of rotatable bonds is 2. The Kier molecular flexibility index (Phi) is 5.66. The highest BCUT2D eigenvalue weighted by molar-refractivity contribution is 5.69. The largest absolute Gasteiger partial charge is 0.508 e. The van der Waals surface area contributed by atoms with Gasteiger partial charge in [-0.15, -0.1) is 0 Å². The van der Waals surface area contributed by atoms with E-state index >= 15 is 0 Å². The summed E-state index contributed by atoms with van der Waals surface area (Å²) >= 11 is 0. The Morgan fingerprint density at radius 3 is 2.52 bits per heavy atom. The zero-order valence-corrected chi connectivity index (χ0v) is 14.3. The van der Waals surface area contributed by atoms with Crippen LogP contribution in [0.2, 0.25) is 0 Å². The van der Waals surface area contributed by atoms with Crippen LogP contribution in [-0.2, 0) is 4.74 Å². The van der Waals surface area contributed by atoms with E-state index in [1.165, 1.54) is 6.07 Å². The van der Waals surface area contributed by atoms with E-state index in [9.17, 15) is 14.3 Å². The van der Waals surface area contributed by atoms with Gasteiger partial charge in [0.05, 0.1) is 0 Å². The summed E-state index contributed by atoms with van der Waals surface area (Å²) in [6, 6.07) is 11.7. The molecule has 25 heavy (non-hydrogen) atoms. The van der Waals surface area contributed by atoms with Crippen LogP contribution in [0.15, 0.2) is 48.5 Å². The second kappa shape index (κ2) is 7.71. The predicted molar refractivity (Wildman–Crippen MR) is 93.5 cm³/mol. The van der Waals surface area contributed by atoms with Crippen molar-refractivity contribution in [2.45, 2.75) is 32.4 Å². The normalized spacial score (nSPS) is 11.8. The first-order chi connectivity index (χ1) is 11.7. The van der Waals surface area contributed by atoms with E-state index in [0.717, 1.165) is 17.7 Å². The molecule has 1 atom stereocenters. The molecule has 1 unspecified atom stereocenters. The van der Waals surface area contributed by atoms with Crippen LogP contribution in [-0.4, -0.2) is 16.8 Å². The van der Waals surface area contributed by atoms with Crippen LogP contribution < -0.4 is 5.32 Å². The molecule has 0 aliphatic heterocycles. The van der Waals surface area contributed by atoms with Gasteiger partial charge in [-0.1, -0.05) is 30.0 Å². The number of alkyl carbamates (subject to hydrolysis) is 1. The van der Waals surface area contributed by atoms with Crippen LogP contribution in [0.3, 0.4) is 0 Å². The number of aromatic hydroxyl groups is 1. The van der Waals surface area contributed by atoms with Crippen molar-refractivity contribution in [1.29, 1.82) is 0 Å². The van der Waals surface area contributed by atoms with Gasteiger partial charge in [-0.2, -0.15) is 0 Å². The number of nitrogens with one attached hydrogen (secondary N) is 1. The van der Waals surface area contributed by atoms with Gasteiger partial charge >= 0.3 is 6.09 Å². The average Bonchev–Trinajstić information content (AvgIpc) is 2.53. The fourth-order valence-electron chi connectivity index (χ4n) is 2.05. The number of hydrogen-bond acceptors (Lipinski definition) is 3. The van der Waals surface area contributed by atoms with E-state index in [1.54, 1.807) is 20.8 Å². The second-order valence-corrected chi connectivity index (χ2v) is 6.42. The second-order valence-electron chi connectivity index (χ2n) is 6.42. The van der Waals surface area contributed by atoms with Crippen LogP contribution in [0, 0.1) is 17.7 Å². The Morgan fingerprint density at radius 2 is 1.88 bits per heavy atom. The molecule has 0 radical (unpaired) electrons. The van der Waals surface area contributed by atoms with Crippen LogP contribution in [0.5, 0.6) is 5.75 Å². The molecular formula is C20H20FNO3. The Balaban J connectivity index is 2.33. The Morgan fingerprint density at radius 1 is 1.20 bits per heavy atom. The SMILES string of the molecule is CC(C)(C)OC(=O)NC(C#Cc1ccccc1)c1cc(F)ccc1O. The summed E-state index contributed by atoms with van der Waals surface area (Å²) in [5.74, 6) is 5.05. The van der Waals surface area contributed by atoms with Gasteiger partial charge in [0.25, 0.3) is 0 Å². The number of halogens is 1. The third kappa shape index (κ3) is 5.85. The molecular weight excluding hydrogens is 321 g/mol. The highest BCUT2D eigenvalue weighted by atomic mass is 19.1. The number of amides is 1. The molecule has 2 aromatic rings. The third-order valence-electron chi connectivity index (χ3n) is 3.10. The van der Waals surface area contributed by atoms with E-state index in [2.05, 4.69) is 17.2 Å². The number of carbonyl (C=O) groups is 1. The van der Waals surface area contributed by atoms with Gasteiger partial charge in [0.2, 0.25) is 0 Å². The summed E-state index contributed by atoms with van der Waals surface area (Å²) in [4.78, 5) is 12.1. The molecule has 130 valence electrons. The van der Waals surface area contributed by atoms with Crippen molar-refractivity contribution < 1.29 is 19.0 Å². The van der Waals surface area contributed by atoms with E-state index < -0.39 is 23.6 Å². The number of carbonyl (C=O) groups excluding carboxylic acids is 1. The highest BCUT2D eigenvalue weighted by Crippen LogP contribution is 2.25. The monoisotopic (exact) mass is 341 g/mol. The van der Waals surface area contributed by atoms with Gasteiger partial charge in [0.15, 0.2) is 0 Å². The molecule has 1 amide bonds. The maximum Gasteiger partial charge on any atom is 0.408 e. The maximum absolute atomic E-state index is 13.6. The number of ether oxygens (including phenoxy) is 1. The summed E-state index contributed by atoms with van der Waals surface area (Å²) in [6.45, 7) is 5.20. The van der Waals surface area contributed by atoms with Gasteiger partial charge in [-0.05, 0) is 51.1 Å². The molecule has 0 saturated carbocycles. The summed E-state index contributed by atoms with van der Waals surface area (Å²) in [7, 11) is 0. The van der Waals surface area contributed by atoms with E-state index in [0.29, 0.717) is 0 Å². The molecule has 0 saturated heterocycles. The minimum atomic E-state index is -0.925. The first kappa shape index (κ1) is 18.3. The molecule has 2 rings (SSSR count). The van der Waals surface area contributed by atoms with Crippen molar-refractivity contribution in [1.82, 2.24) is 5.32 Å². The first-order valence-electron chi connectivity index (χ1n) is 7.79. The molecule has 0 bridgehead atoms. The van der Waals surface area contributed by atoms with Crippen molar-refractivity contribution in [3.8, 4) is 17.6 Å². The quantitative estimate of drug-likeness (QED) is 0.807. The Hall–Kier alpha value is -3.00. The summed E-state index contributed by atoms with van der Waals surface area (Å²) in [5, 5.41) is 12.6. The smallest absolute Gasteiger partial charge is 0.408 e. The number of phenols is 1. The third-order valence-corrected chi connectivity index (χ3v) is 3.10. The molecule has 2 N–H and O–H groups in total. The standard InChI is InChI=1S/C20H20FNO3/c1-20(2,3)25-19(24)22-17(11-9-14-7-5-4-6-8-14)16-13-15(21)10-12-18(16)23/h4-8,10,12-13,17,23H,1-3H3,(H,22,24). The zero-order chi connectivity index (χ0) is 18.4. The molecule has 0 aliphatic carbocycles. The lowest BCUT2D eigenvalue weighted by Gasteiger charge is -2.22. The first-order valence-corrected chi connectivity index (χ1v) is 7.79. The molecule has 0 aliphatic rings. The lowest BCUT2D eigenvalue weighted by atomic mass is 10.1. The van der Waals surface area contributed by atoms with Crippen molar-refractivity contribution in [2.24, 2.45) is 0 Å². The van der Waals surface area contributed by atoms with Crippen LogP contribution in [0.4, 0.5) is 9.18 Å². The minimum Gasteiger partial charge on any atom is -0.508 e. The lowest BCUT2D eigenvalue weighted by molar-refractivity contribution is 0.0515. The van der Waals surface area contributed by atoms with Crippen LogP contribution in [0.1, 0.15) is 37.9 Å². The molecule has 0 heterocycles. The van der Waals surface area contributed by atoms with Gasteiger partial charge in [-0.3, -0.25) is 0 Å². The molecule has 5 heteroatoms. The Labute approximate surface area is 146 Å². The highest BCUT2D eigenvalue weighted by Gasteiger charge is 2.21. The summed E-state index contributed by atoms with van der Waals surface area (Å²) in [6.07, 6.45) is -0.705. The molecule has 0 aromatic heterocycles. The van der Waals surface area contributed by atoms with Gasteiger partial charge in [-0.25, -0.2) is 9.18 Å². The molecule has 4 nitrogen and oxygen atoms in total. The topological polar surface area (TPSA) is 58.6 Å². The fraction of sp³-hybridized carbons (Fsp3) is 0.250. The summed E-state index contributed by atoms with van der Waals surface area (Å²) in [5.41, 5.74) is 0.203. The van der Waals surface area contributed by atoms with E-state index in [1.807, 2.05) is 30.3 Å². The van der Waals surface area contributed by atoms with Crippen molar-refractivity contribution in [3.05, 3.63) is 65.5 Å². The maximum atomic E-state index is 13.6. The van der Waals surface area contributed by atoms with Gasteiger partial charge < -0.3 is 15.2 Å². The minimum absolute atomic E-state index is 0.161. The predicted octanol–water partition coefficient (Wildman–Crippen LogP) is 4.15. The number of phenolic OH excluding ortho intramolecular Hbond substituents is 1. The van der Waals surface area contributed by atoms with Crippen LogP contribution >= 0.6 is 0 Å². The van der Waals surface area contributed by atoms with E-state index in [-0.39, 0.29) is 11.3 Å². The van der Waals surface area contributed by atoms with Crippen molar-refractivity contribution in [3.63, 3.8) is 0 Å². The molecule has 0 spiro atoms. The zero-order valence-electron chi connectivity index (χ0n) is 14.3. The van der Waals surface area contributed by atoms with Crippen molar-refractivity contribution in [2.75, 3.05) is 0 Å². The van der Waals surface area contributed by atoms with Crippen LogP contribution in [0.25, 0.3) is 0 Å². The lowest BCUT2D eigenvalue weighted by Crippen LogP contribution is -2.34. The number of hydrogen-bond donors (Lipinski definition) is 2. The molecule has 2 aromatic carbocycles. The summed E-state index contributed by atoms with van der Waals surface area (Å²) < 4.78 is 18.8. The fourth-order valence-corrected chi connectivity index (χ4v) is 2.05. The van der Waals surface area contributed by atoms with Gasteiger partial charge in [0, 0.05) is 11.1 Å². The van der Waals surface area contributed by atoms with Crippen molar-refractivity contribution >= 4 is 6.09 Å². The number of benzene rings is 2. The Bertz CT molecular complexity index is 801. The average molecular weight is 341 g/mol.